The van der Waals surface area contributed by atoms with E-state index in [9.17, 15) is 9.90 Å². The molecule has 0 spiro atoms. The number of aliphatic hydroxyl groups excluding tert-OH is 1. The molecule has 2 unspecified atom stereocenters. The van der Waals surface area contributed by atoms with Crippen LogP contribution >= 0.6 is 12.4 Å². The summed E-state index contributed by atoms with van der Waals surface area (Å²) in [5, 5.41) is 13.9. The molecule has 2 heterocycles. The Balaban J connectivity index is 0.00000208. The van der Waals surface area contributed by atoms with Crippen LogP contribution in [0.15, 0.2) is 30.3 Å². The zero-order chi connectivity index (χ0) is 16.3. The Kier molecular flexibility index (Phi) is 6.67. The smallest absolute Gasteiger partial charge is 0.229 e. The molecule has 1 aromatic rings. The quantitative estimate of drug-likeness (QED) is 0.879. The lowest BCUT2D eigenvalue weighted by atomic mass is 9.80. The van der Waals surface area contributed by atoms with Gasteiger partial charge in [0.2, 0.25) is 5.91 Å². The maximum atomic E-state index is 12.8. The van der Waals surface area contributed by atoms with Gasteiger partial charge in [0, 0.05) is 19.6 Å². The normalized spacial score (nSPS) is 26.5. The zero-order valence-corrected chi connectivity index (χ0v) is 15.2. The first-order chi connectivity index (χ1) is 11.1. The molecule has 0 aromatic heterocycles. The number of hydrogen-bond donors (Lipinski definition) is 2. The summed E-state index contributed by atoms with van der Waals surface area (Å²) in [5.74, 6) is 0.538. The Morgan fingerprint density at radius 3 is 2.54 bits per heavy atom. The van der Waals surface area contributed by atoms with Crippen molar-refractivity contribution in [3.05, 3.63) is 35.9 Å². The SMILES string of the molecule is CC1(C(=O)N2CCC(C(O)c3ccccc3)CC2)CCCNC1.Cl. The fourth-order valence-corrected chi connectivity index (χ4v) is 3.96. The van der Waals surface area contributed by atoms with Crippen LogP contribution in [0.25, 0.3) is 0 Å². The lowest BCUT2D eigenvalue weighted by molar-refractivity contribution is -0.144. The minimum atomic E-state index is -0.416. The molecule has 0 saturated carbocycles. The monoisotopic (exact) mass is 352 g/mol. The summed E-state index contributed by atoms with van der Waals surface area (Å²) < 4.78 is 0. The summed E-state index contributed by atoms with van der Waals surface area (Å²) in [4.78, 5) is 14.9. The van der Waals surface area contributed by atoms with Crippen LogP contribution in [-0.2, 0) is 4.79 Å². The third-order valence-corrected chi connectivity index (χ3v) is 5.53. The highest BCUT2D eigenvalue weighted by atomic mass is 35.5. The first-order valence-corrected chi connectivity index (χ1v) is 8.83. The number of hydrogen-bond acceptors (Lipinski definition) is 3. The first-order valence-electron chi connectivity index (χ1n) is 8.83. The molecule has 4 nitrogen and oxygen atoms in total. The van der Waals surface area contributed by atoms with Crippen LogP contribution in [-0.4, -0.2) is 42.1 Å². The molecule has 3 rings (SSSR count). The van der Waals surface area contributed by atoms with E-state index in [-0.39, 0.29) is 29.6 Å². The number of carbonyl (C=O) groups excluding carboxylic acids is 1. The van der Waals surface area contributed by atoms with Gasteiger partial charge in [0.05, 0.1) is 11.5 Å². The van der Waals surface area contributed by atoms with Gasteiger partial charge < -0.3 is 15.3 Å². The topological polar surface area (TPSA) is 52.6 Å². The van der Waals surface area contributed by atoms with E-state index >= 15 is 0 Å². The average molecular weight is 353 g/mol. The van der Waals surface area contributed by atoms with Crippen LogP contribution in [0.2, 0.25) is 0 Å². The molecule has 2 N–H and O–H groups in total. The Labute approximate surface area is 151 Å². The summed E-state index contributed by atoms with van der Waals surface area (Å²) in [6.45, 7) is 5.44. The number of rotatable bonds is 3. The molecule has 2 aliphatic rings. The van der Waals surface area contributed by atoms with Crippen molar-refractivity contribution in [2.45, 2.75) is 38.7 Å². The molecule has 5 heteroatoms. The number of nitrogens with zero attached hydrogens (tertiary/aromatic N) is 1. The number of likely N-dealkylation sites (tertiary alicyclic amines) is 1. The van der Waals surface area contributed by atoms with Crippen molar-refractivity contribution in [2.24, 2.45) is 11.3 Å². The summed E-state index contributed by atoms with van der Waals surface area (Å²) in [6, 6.07) is 9.87. The minimum Gasteiger partial charge on any atom is -0.388 e. The number of benzene rings is 1. The summed E-state index contributed by atoms with van der Waals surface area (Å²) >= 11 is 0. The lowest BCUT2D eigenvalue weighted by Crippen LogP contribution is -2.52. The van der Waals surface area contributed by atoms with Gasteiger partial charge in [-0.2, -0.15) is 0 Å². The predicted octanol–water partition coefficient (Wildman–Crippen LogP) is 2.77. The summed E-state index contributed by atoms with van der Waals surface area (Å²) in [7, 11) is 0. The Morgan fingerprint density at radius 2 is 1.96 bits per heavy atom. The van der Waals surface area contributed by atoms with E-state index in [0.717, 1.165) is 57.4 Å². The van der Waals surface area contributed by atoms with E-state index in [1.165, 1.54) is 0 Å². The molecule has 1 amide bonds. The molecule has 2 fully saturated rings. The Bertz CT molecular complexity index is 523. The van der Waals surface area contributed by atoms with Gasteiger partial charge in [-0.15, -0.1) is 12.4 Å². The van der Waals surface area contributed by atoms with Crippen molar-refractivity contribution >= 4 is 18.3 Å². The van der Waals surface area contributed by atoms with E-state index in [1.54, 1.807) is 0 Å². The molecule has 2 atom stereocenters. The molecule has 134 valence electrons. The third kappa shape index (κ3) is 4.11. The molecule has 0 bridgehead atoms. The van der Waals surface area contributed by atoms with Gasteiger partial charge in [0.25, 0.3) is 0 Å². The van der Waals surface area contributed by atoms with Crippen molar-refractivity contribution in [2.75, 3.05) is 26.2 Å². The molecular weight excluding hydrogens is 324 g/mol. The van der Waals surface area contributed by atoms with Crippen molar-refractivity contribution in [3.8, 4) is 0 Å². The summed E-state index contributed by atoms with van der Waals surface area (Å²) in [5.41, 5.74) is 0.740. The highest BCUT2D eigenvalue weighted by Gasteiger charge is 2.39. The standard InChI is InChI=1S/C19H28N2O2.ClH/c1-19(10-5-11-20-14-19)18(23)21-12-8-16(9-13-21)17(22)15-6-3-2-4-7-15;/h2-4,6-7,16-17,20,22H,5,8-14H2,1H3;1H. The van der Waals surface area contributed by atoms with E-state index in [4.69, 9.17) is 0 Å². The number of carbonyl (C=O) groups is 1. The molecule has 2 saturated heterocycles. The second-order valence-corrected chi connectivity index (χ2v) is 7.33. The van der Waals surface area contributed by atoms with Crippen LogP contribution in [0, 0.1) is 11.3 Å². The number of aliphatic hydroxyl groups is 1. The van der Waals surface area contributed by atoms with Gasteiger partial charge in [-0.25, -0.2) is 0 Å². The Hall–Kier alpha value is -1.10. The lowest BCUT2D eigenvalue weighted by Gasteiger charge is -2.41. The second-order valence-electron chi connectivity index (χ2n) is 7.33. The summed E-state index contributed by atoms with van der Waals surface area (Å²) in [6.07, 6.45) is 3.40. The number of halogens is 1. The first kappa shape index (κ1) is 19.2. The fourth-order valence-electron chi connectivity index (χ4n) is 3.96. The van der Waals surface area contributed by atoms with Crippen LogP contribution in [0.5, 0.6) is 0 Å². The van der Waals surface area contributed by atoms with Crippen LogP contribution in [0.1, 0.15) is 44.3 Å². The molecule has 0 radical (unpaired) electrons. The van der Waals surface area contributed by atoms with Gasteiger partial charge in [-0.05, 0) is 50.6 Å². The highest BCUT2D eigenvalue weighted by molar-refractivity contribution is 5.85. The van der Waals surface area contributed by atoms with Gasteiger partial charge >= 0.3 is 0 Å². The minimum absolute atomic E-state index is 0. The largest absolute Gasteiger partial charge is 0.388 e. The van der Waals surface area contributed by atoms with Crippen molar-refractivity contribution in [1.82, 2.24) is 10.2 Å². The fraction of sp³-hybridized carbons (Fsp3) is 0.632. The van der Waals surface area contributed by atoms with E-state index in [2.05, 4.69) is 12.2 Å². The molecule has 24 heavy (non-hydrogen) atoms. The average Bonchev–Trinajstić information content (AvgIpc) is 2.62. The maximum Gasteiger partial charge on any atom is 0.229 e. The van der Waals surface area contributed by atoms with Crippen molar-refractivity contribution in [3.63, 3.8) is 0 Å². The third-order valence-electron chi connectivity index (χ3n) is 5.53. The van der Waals surface area contributed by atoms with Crippen LogP contribution in [0.3, 0.4) is 0 Å². The van der Waals surface area contributed by atoms with Crippen molar-refractivity contribution in [1.29, 1.82) is 0 Å². The zero-order valence-electron chi connectivity index (χ0n) is 14.4. The van der Waals surface area contributed by atoms with Gasteiger partial charge in [0.1, 0.15) is 0 Å². The molecule has 1 aromatic carbocycles. The van der Waals surface area contributed by atoms with E-state index < -0.39 is 6.10 Å². The van der Waals surface area contributed by atoms with E-state index in [0.29, 0.717) is 0 Å². The van der Waals surface area contributed by atoms with Crippen molar-refractivity contribution < 1.29 is 9.90 Å². The maximum absolute atomic E-state index is 12.8. The van der Waals surface area contributed by atoms with Crippen LogP contribution < -0.4 is 5.32 Å². The second kappa shape index (κ2) is 8.32. The molecule has 0 aliphatic carbocycles. The molecular formula is C19H29ClN2O2. The van der Waals surface area contributed by atoms with E-state index in [1.807, 2.05) is 35.2 Å². The predicted molar refractivity (Wildman–Crippen MR) is 98.2 cm³/mol. The number of nitrogens with one attached hydrogen (secondary N) is 1. The number of amides is 1. The van der Waals surface area contributed by atoms with Crippen LogP contribution in [0.4, 0.5) is 0 Å². The van der Waals surface area contributed by atoms with Gasteiger partial charge in [0.15, 0.2) is 0 Å². The van der Waals surface area contributed by atoms with Gasteiger partial charge in [-0.3, -0.25) is 4.79 Å². The number of piperidine rings is 2. The Morgan fingerprint density at radius 1 is 1.29 bits per heavy atom. The molecule has 2 aliphatic heterocycles. The highest BCUT2D eigenvalue weighted by Crippen LogP contribution is 2.34. The van der Waals surface area contributed by atoms with Gasteiger partial charge in [-0.1, -0.05) is 30.3 Å².